The molecule has 0 amide bonds. The number of fused-ring (bicyclic) bond motifs is 1. The van der Waals surface area contributed by atoms with Crippen LogP contribution in [0.3, 0.4) is 0 Å². The van der Waals surface area contributed by atoms with Crippen molar-refractivity contribution < 1.29 is 0 Å². The Morgan fingerprint density at radius 1 is 1.25 bits per heavy atom. The number of hydrogen-bond acceptors (Lipinski definition) is 3. The molecule has 0 radical (unpaired) electrons. The lowest BCUT2D eigenvalue weighted by molar-refractivity contribution is 0.630. The monoisotopic (exact) mass is 279 g/mol. The molecule has 1 aromatic carbocycles. The number of halogens is 1. The molecule has 0 aliphatic carbocycles. The molecule has 0 unspecified atom stereocenters. The van der Waals surface area contributed by atoms with E-state index in [1.807, 2.05) is 18.2 Å². The number of hydrogen-bond donors (Lipinski definition) is 1. The van der Waals surface area contributed by atoms with Gasteiger partial charge in [0.1, 0.15) is 11.3 Å². The van der Waals surface area contributed by atoms with E-state index < -0.39 is 0 Å². The van der Waals surface area contributed by atoms with Gasteiger partial charge in [0.25, 0.3) is 0 Å². The number of aromatic nitrogens is 2. The molecule has 2 aromatic rings. The molecule has 84 valence electrons. The SMILES string of the molecule is CC(C)(C)Nc1cnc2cccc(Br)c2n1. The van der Waals surface area contributed by atoms with E-state index in [-0.39, 0.29) is 5.54 Å². The van der Waals surface area contributed by atoms with Crippen LogP contribution in [0.1, 0.15) is 20.8 Å². The van der Waals surface area contributed by atoms with Gasteiger partial charge in [-0.3, -0.25) is 4.98 Å². The number of para-hydroxylation sites is 1. The third-order valence-electron chi connectivity index (χ3n) is 2.03. The molecule has 0 aliphatic rings. The Balaban J connectivity index is 2.47. The topological polar surface area (TPSA) is 37.8 Å². The summed E-state index contributed by atoms with van der Waals surface area (Å²) in [7, 11) is 0. The quantitative estimate of drug-likeness (QED) is 0.867. The van der Waals surface area contributed by atoms with E-state index >= 15 is 0 Å². The summed E-state index contributed by atoms with van der Waals surface area (Å²) >= 11 is 3.48. The molecule has 0 saturated carbocycles. The van der Waals surface area contributed by atoms with Crippen LogP contribution < -0.4 is 5.32 Å². The minimum Gasteiger partial charge on any atom is -0.364 e. The van der Waals surface area contributed by atoms with Gasteiger partial charge in [-0.25, -0.2) is 4.98 Å². The molecule has 0 fully saturated rings. The normalized spacial score (nSPS) is 11.8. The summed E-state index contributed by atoms with van der Waals surface area (Å²) in [5.41, 5.74) is 1.77. The summed E-state index contributed by atoms with van der Waals surface area (Å²) < 4.78 is 0.968. The Bertz CT molecular complexity index is 517. The molecule has 2 rings (SSSR count). The van der Waals surface area contributed by atoms with Crippen molar-refractivity contribution in [1.29, 1.82) is 0 Å². The fraction of sp³-hybridized carbons (Fsp3) is 0.333. The minimum absolute atomic E-state index is 0.0103. The fourth-order valence-electron chi connectivity index (χ4n) is 1.44. The first-order valence-corrected chi connectivity index (χ1v) is 5.94. The van der Waals surface area contributed by atoms with Crippen molar-refractivity contribution in [2.45, 2.75) is 26.3 Å². The Labute approximate surface area is 103 Å². The molecule has 0 saturated heterocycles. The Morgan fingerprint density at radius 2 is 2.00 bits per heavy atom. The summed E-state index contributed by atoms with van der Waals surface area (Å²) in [4.78, 5) is 8.91. The Hall–Kier alpha value is -1.16. The van der Waals surface area contributed by atoms with E-state index in [9.17, 15) is 0 Å². The third-order valence-corrected chi connectivity index (χ3v) is 2.67. The molecule has 3 nitrogen and oxygen atoms in total. The summed E-state index contributed by atoms with van der Waals surface area (Å²) in [6.45, 7) is 6.29. The number of nitrogens with one attached hydrogen (secondary N) is 1. The maximum atomic E-state index is 4.54. The van der Waals surface area contributed by atoms with Gasteiger partial charge in [-0.05, 0) is 48.8 Å². The fourth-order valence-corrected chi connectivity index (χ4v) is 1.89. The van der Waals surface area contributed by atoms with Crippen molar-refractivity contribution in [2.75, 3.05) is 5.32 Å². The van der Waals surface area contributed by atoms with E-state index in [1.54, 1.807) is 6.20 Å². The van der Waals surface area contributed by atoms with Crippen LogP contribution in [0.4, 0.5) is 5.82 Å². The predicted octanol–water partition coefficient (Wildman–Crippen LogP) is 3.60. The second-order valence-corrected chi connectivity index (χ2v) is 5.59. The summed E-state index contributed by atoms with van der Waals surface area (Å²) in [5, 5.41) is 3.31. The third kappa shape index (κ3) is 2.50. The Kier molecular flexibility index (Phi) is 2.84. The van der Waals surface area contributed by atoms with E-state index in [2.05, 4.69) is 52.0 Å². The molecule has 1 heterocycles. The molecule has 0 atom stereocenters. The lowest BCUT2D eigenvalue weighted by atomic mass is 10.1. The molecule has 4 heteroatoms. The number of rotatable bonds is 1. The molecule has 0 bridgehead atoms. The highest BCUT2D eigenvalue weighted by atomic mass is 79.9. The van der Waals surface area contributed by atoms with Gasteiger partial charge < -0.3 is 5.32 Å². The maximum absolute atomic E-state index is 4.54. The van der Waals surface area contributed by atoms with Crippen LogP contribution in [0.5, 0.6) is 0 Å². The van der Waals surface area contributed by atoms with Crippen LogP contribution in [0.25, 0.3) is 11.0 Å². The van der Waals surface area contributed by atoms with Crippen molar-refractivity contribution in [3.05, 3.63) is 28.9 Å². The van der Waals surface area contributed by atoms with Gasteiger partial charge in [0.15, 0.2) is 0 Å². The first-order chi connectivity index (χ1) is 7.46. The van der Waals surface area contributed by atoms with Gasteiger partial charge in [-0.15, -0.1) is 0 Å². The van der Waals surface area contributed by atoms with Crippen molar-refractivity contribution >= 4 is 32.8 Å². The maximum Gasteiger partial charge on any atom is 0.145 e. The van der Waals surface area contributed by atoms with Crippen LogP contribution in [-0.2, 0) is 0 Å². The second kappa shape index (κ2) is 4.01. The number of benzene rings is 1. The molecule has 0 spiro atoms. The van der Waals surface area contributed by atoms with E-state index in [1.165, 1.54) is 0 Å². The van der Waals surface area contributed by atoms with Crippen LogP contribution in [0.2, 0.25) is 0 Å². The molecular formula is C12H14BrN3. The number of anilines is 1. The first kappa shape index (κ1) is 11.3. The van der Waals surface area contributed by atoms with Crippen molar-refractivity contribution in [3.8, 4) is 0 Å². The molecule has 16 heavy (non-hydrogen) atoms. The van der Waals surface area contributed by atoms with Crippen LogP contribution >= 0.6 is 15.9 Å². The van der Waals surface area contributed by atoms with Crippen molar-refractivity contribution in [2.24, 2.45) is 0 Å². The highest BCUT2D eigenvalue weighted by Crippen LogP contribution is 2.22. The highest BCUT2D eigenvalue weighted by Gasteiger charge is 2.11. The zero-order chi connectivity index (χ0) is 11.8. The standard InChI is InChI=1S/C12H14BrN3/c1-12(2,3)16-10-7-14-9-6-4-5-8(13)11(9)15-10/h4-7H,1-3H3,(H,15,16). The van der Waals surface area contributed by atoms with Crippen LogP contribution in [-0.4, -0.2) is 15.5 Å². The summed E-state index contributed by atoms with van der Waals surface area (Å²) in [5.74, 6) is 0.798. The molecular weight excluding hydrogens is 266 g/mol. The van der Waals surface area contributed by atoms with Crippen LogP contribution in [0.15, 0.2) is 28.9 Å². The second-order valence-electron chi connectivity index (χ2n) is 4.74. The smallest absolute Gasteiger partial charge is 0.145 e. The van der Waals surface area contributed by atoms with Crippen molar-refractivity contribution in [1.82, 2.24) is 9.97 Å². The lowest BCUT2D eigenvalue weighted by Gasteiger charge is -2.21. The van der Waals surface area contributed by atoms with E-state index in [4.69, 9.17) is 0 Å². The molecule has 1 aromatic heterocycles. The lowest BCUT2D eigenvalue weighted by Crippen LogP contribution is -2.26. The average molecular weight is 280 g/mol. The molecule has 1 N–H and O–H groups in total. The summed E-state index contributed by atoms with van der Waals surface area (Å²) in [6.07, 6.45) is 1.76. The van der Waals surface area contributed by atoms with Gasteiger partial charge in [-0.1, -0.05) is 6.07 Å². The predicted molar refractivity (Wildman–Crippen MR) is 70.6 cm³/mol. The van der Waals surface area contributed by atoms with E-state index in [0.29, 0.717) is 0 Å². The van der Waals surface area contributed by atoms with Crippen LogP contribution in [0, 0.1) is 0 Å². The van der Waals surface area contributed by atoms with E-state index in [0.717, 1.165) is 21.3 Å². The zero-order valence-corrected chi connectivity index (χ0v) is 11.2. The van der Waals surface area contributed by atoms with Gasteiger partial charge in [0.05, 0.1) is 11.7 Å². The van der Waals surface area contributed by atoms with Crippen molar-refractivity contribution in [3.63, 3.8) is 0 Å². The molecule has 0 aliphatic heterocycles. The van der Waals surface area contributed by atoms with Gasteiger partial charge in [0.2, 0.25) is 0 Å². The number of nitrogens with zero attached hydrogens (tertiary/aromatic N) is 2. The average Bonchev–Trinajstić information content (AvgIpc) is 2.17. The van der Waals surface area contributed by atoms with Gasteiger partial charge in [-0.2, -0.15) is 0 Å². The van der Waals surface area contributed by atoms with Gasteiger partial charge in [0, 0.05) is 10.0 Å². The van der Waals surface area contributed by atoms with Gasteiger partial charge >= 0.3 is 0 Å². The highest BCUT2D eigenvalue weighted by molar-refractivity contribution is 9.10. The zero-order valence-electron chi connectivity index (χ0n) is 9.58. The summed E-state index contributed by atoms with van der Waals surface area (Å²) in [6, 6.07) is 5.88. The first-order valence-electron chi connectivity index (χ1n) is 5.15. The largest absolute Gasteiger partial charge is 0.364 e. The Morgan fingerprint density at radius 3 is 2.69 bits per heavy atom. The minimum atomic E-state index is -0.0103.